The van der Waals surface area contributed by atoms with Crippen molar-refractivity contribution in [1.29, 1.82) is 0 Å². The van der Waals surface area contributed by atoms with Gasteiger partial charge in [-0.3, -0.25) is 29.0 Å². The monoisotopic (exact) mass is 679 g/mol. The highest BCUT2D eigenvalue weighted by molar-refractivity contribution is 5.97. The fourth-order valence-corrected chi connectivity index (χ4v) is 6.11. The molecule has 2 aliphatic rings. The number of aliphatic carboxylic acids is 1. The lowest BCUT2D eigenvalue weighted by atomic mass is 9.82. The lowest BCUT2D eigenvalue weighted by Gasteiger charge is -2.35. The van der Waals surface area contributed by atoms with E-state index in [1.807, 2.05) is 6.07 Å². The third-order valence-corrected chi connectivity index (χ3v) is 8.82. The Kier molecular flexibility index (Phi) is 12.6. The second-order valence-corrected chi connectivity index (χ2v) is 13.5. The van der Waals surface area contributed by atoms with Crippen molar-refractivity contribution in [3.63, 3.8) is 0 Å². The minimum Gasteiger partial charge on any atom is -0.481 e. The molecule has 49 heavy (non-hydrogen) atoms. The zero-order valence-electron chi connectivity index (χ0n) is 28.0. The Hall–Kier alpha value is -5.08. The van der Waals surface area contributed by atoms with Crippen LogP contribution in [0.3, 0.4) is 0 Å². The molecule has 0 radical (unpaired) electrons. The molecule has 0 bridgehead atoms. The summed E-state index contributed by atoms with van der Waals surface area (Å²) >= 11 is 0. The van der Waals surface area contributed by atoms with Crippen molar-refractivity contribution in [2.75, 3.05) is 19.6 Å². The van der Waals surface area contributed by atoms with Gasteiger partial charge in [0.25, 0.3) is 5.91 Å². The van der Waals surface area contributed by atoms with E-state index in [1.54, 1.807) is 45.0 Å². The number of likely N-dealkylation sites (tertiary alicyclic amines) is 1. The topological polar surface area (TPSA) is 209 Å². The van der Waals surface area contributed by atoms with Crippen molar-refractivity contribution < 1.29 is 38.6 Å². The first-order valence-electron chi connectivity index (χ1n) is 16.5. The number of carboxylic acids is 1. The molecule has 4 rings (SSSR count). The molecule has 0 unspecified atom stereocenters. The second kappa shape index (κ2) is 16.8. The predicted molar refractivity (Wildman–Crippen MR) is 176 cm³/mol. The Bertz CT molecular complexity index is 1480. The molecule has 15 nitrogen and oxygen atoms in total. The highest BCUT2D eigenvalue weighted by Crippen LogP contribution is 2.28. The molecule has 1 aromatic heterocycles. The molecule has 2 aromatic rings. The number of carbonyl (C=O) groups excluding carboxylic acids is 5. The normalized spacial score (nSPS) is 19.2. The van der Waals surface area contributed by atoms with Crippen molar-refractivity contribution in [3.05, 3.63) is 60.2 Å². The Morgan fingerprint density at radius 2 is 1.67 bits per heavy atom. The average Bonchev–Trinajstić information content (AvgIpc) is 3.52. The fraction of sp³-hybridized carbons (Fsp3) is 0.529. The standard InChI is InChI=1S/C34H45N7O8/c1-34(2,3)28(40-30(44)27(22-12-8-5-9-13-22)39-29(43)24-16-35-14-15-36-24)31(45)38-25-19-41(18-23(25)32(46)47)26(42)17-37-33(48)49-20-21-10-6-4-7-11-21/h4,6-7,10-11,14-16,22-23,25,27-28H,5,8-9,12-13,17-20H2,1-3H3,(H,37,48)(H,38,45)(H,39,43)(H,40,44)(H,46,47)/t23-,25+,27+,28-/m1/s1. The highest BCUT2D eigenvalue weighted by atomic mass is 16.5. The maximum Gasteiger partial charge on any atom is 0.407 e. The number of carbonyl (C=O) groups is 6. The fourth-order valence-electron chi connectivity index (χ4n) is 6.11. The van der Waals surface area contributed by atoms with Gasteiger partial charge in [0.15, 0.2) is 0 Å². The number of hydrogen-bond donors (Lipinski definition) is 5. The summed E-state index contributed by atoms with van der Waals surface area (Å²) in [4.78, 5) is 87.1. The summed E-state index contributed by atoms with van der Waals surface area (Å²) in [6.45, 7) is 4.55. The smallest absolute Gasteiger partial charge is 0.407 e. The van der Waals surface area contributed by atoms with Crippen molar-refractivity contribution in [2.45, 2.75) is 77.6 Å². The minimum atomic E-state index is -1.21. The van der Waals surface area contributed by atoms with Gasteiger partial charge in [-0.05, 0) is 29.7 Å². The molecule has 1 saturated carbocycles. The van der Waals surface area contributed by atoms with Gasteiger partial charge in [0.1, 0.15) is 30.9 Å². The molecule has 1 saturated heterocycles. The predicted octanol–water partition coefficient (Wildman–Crippen LogP) is 1.64. The Morgan fingerprint density at radius 3 is 2.31 bits per heavy atom. The zero-order chi connectivity index (χ0) is 35.6. The van der Waals surface area contributed by atoms with Gasteiger partial charge >= 0.3 is 12.1 Å². The number of alkyl carbamates (subject to hydrolysis) is 1. The number of nitrogens with one attached hydrogen (secondary N) is 4. The summed E-state index contributed by atoms with van der Waals surface area (Å²) in [6.07, 6.45) is 7.57. The first kappa shape index (κ1) is 36.8. The maximum atomic E-state index is 13.8. The summed E-state index contributed by atoms with van der Waals surface area (Å²) in [7, 11) is 0. The molecule has 5 amide bonds. The van der Waals surface area contributed by atoms with Gasteiger partial charge in [-0.2, -0.15) is 0 Å². The molecule has 2 heterocycles. The van der Waals surface area contributed by atoms with E-state index in [1.165, 1.54) is 23.5 Å². The van der Waals surface area contributed by atoms with Crippen molar-refractivity contribution in [2.24, 2.45) is 17.3 Å². The molecular formula is C34H45N7O8. The van der Waals surface area contributed by atoms with Crippen LogP contribution in [-0.2, 0) is 30.5 Å². The van der Waals surface area contributed by atoms with E-state index >= 15 is 0 Å². The van der Waals surface area contributed by atoms with Crippen molar-refractivity contribution >= 4 is 35.7 Å². The molecular weight excluding hydrogens is 634 g/mol. The molecule has 2 fully saturated rings. The lowest BCUT2D eigenvalue weighted by Crippen LogP contribution is -2.61. The summed E-state index contributed by atoms with van der Waals surface area (Å²) in [5, 5.41) is 20.7. The SMILES string of the molecule is CC(C)(C)[C@H](NC(=O)[C@@H](NC(=O)c1cnccn1)C1CCCCC1)C(=O)N[C@H]1CN(C(=O)CNC(=O)OCc2ccccc2)C[C@H]1C(=O)O. The number of amides is 5. The number of carboxylic acid groups (broad SMARTS) is 1. The van der Waals surface area contributed by atoms with E-state index in [0.717, 1.165) is 37.7 Å². The van der Waals surface area contributed by atoms with Crippen LogP contribution in [0.15, 0.2) is 48.9 Å². The van der Waals surface area contributed by atoms with Crippen LogP contribution in [-0.4, -0.2) is 93.4 Å². The van der Waals surface area contributed by atoms with Crippen LogP contribution >= 0.6 is 0 Å². The Morgan fingerprint density at radius 1 is 0.959 bits per heavy atom. The number of hydrogen-bond acceptors (Lipinski definition) is 9. The van der Waals surface area contributed by atoms with Crippen LogP contribution in [0.2, 0.25) is 0 Å². The van der Waals surface area contributed by atoms with E-state index in [4.69, 9.17) is 4.74 Å². The number of aromatic nitrogens is 2. The van der Waals surface area contributed by atoms with Crippen molar-refractivity contribution in [1.82, 2.24) is 36.1 Å². The zero-order valence-corrected chi connectivity index (χ0v) is 28.0. The van der Waals surface area contributed by atoms with E-state index in [2.05, 4.69) is 31.2 Å². The third-order valence-electron chi connectivity index (χ3n) is 8.82. The van der Waals surface area contributed by atoms with Gasteiger partial charge in [0, 0.05) is 25.5 Å². The molecule has 0 spiro atoms. The summed E-state index contributed by atoms with van der Waals surface area (Å²) in [6, 6.07) is 5.99. The van der Waals surface area contributed by atoms with Gasteiger partial charge in [-0.1, -0.05) is 70.4 Å². The largest absolute Gasteiger partial charge is 0.481 e. The van der Waals surface area contributed by atoms with Gasteiger partial charge in [0.05, 0.1) is 18.2 Å². The summed E-state index contributed by atoms with van der Waals surface area (Å²) in [5.74, 6) is -4.77. The first-order valence-corrected chi connectivity index (χ1v) is 16.5. The molecule has 264 valence electrons. The summed E-state index contributed by atoms with van der Waals surface area (Å²) in [5.41, 5.74) is 0.0100. The van der Waals surface area contributed by atoms with Crippen LogP contribution in [0, 0.1) is 17.3 Å². The number of ether oxygens (including phenoxy) is 1. The Labute approximate surface area is 285 Å². The van der Waals surface area contributed by atoms with Gasteiger partial charge < -0.3 is 36.0 Å². The van der Waals surface area contributed by atoms with Gasteiger partial charge in [0.2, 0.25) is 17.7 Å². The van der Waals surface area contributed by atoms with E-state index in [0.29, 0.717) is 0 Å². The number of rotatable bonds is 12. The van der Waals surface area contributed by atoms with Crippen LogP contribution in [0.25, 0.3) is 0 Å². The Balaban J connectivity index is 1.39. The minimum absolute atomic E-state index is 0.0146. The third kappa shape index (κ3) is 10.5. The van der Waals surface area contributed by atoms with Crippen LogP contribution in [0.4, 0.5) is 4.79 Å². The molecule has 4 atom stereocenters. The first-order chi connectivity index (χ1) is 23.3. The van der Waals surface area contributed by atoms with E-state index in [9.17, 15) is 33.9 Å². The maximum absolute atomic E-state index is 13.8. The van der Waals surface area contributed by atoms with E-state index < -0.39 is 71.7 Å². The summed E-state index contributed by atoms with van der Waals surface area (Å²) < 4.78 is 5.13. The molecule has 1 aromatic carbocycles. The van der Waals surface area contributed by atoms with Crippen LogP contribution in [0.5, 0.6) is 0 Å². The lowest BCUT2D eigenvalue weighted by molar-refractivity contribution is -0.142. The molecule has 15 heteroatoms. The van der Waals surface area contributed by atoms with Gasteiger partial charge in [-0.15, -0.1) is 0 Å². The molecule has 5 N–H and O–H groups in total. The highest BCUT2D eigenvalue weighted by Gasteiger charge is 2.43. The number of nitrogens with zero attached hydrogens (tertiary/aromatic N) is 3. The van der Waals surface area contributed by atoms with Crippen LogP contribution < -0.4 is 21.3 Å². The number of benzene rings is 1. The average molecular weight is 680 g/mol. The van der Waals surface area contributed by atoms with Crippen molar-refractivity contribution in [3.8, 4) is 0 Å². The van der Waals surface area contributed by atoms with E-state index in [-0.39, 0.29) is 31.3 Å². The molecule has 1 aliphatic heterocycles. The quantitative estimate of drug-likeness (QED) is 0.219. The second-order valence-electron chi connectivity index (χ2n) is 13.5. The van der Waals surface area contributed by atoms with Gasteiger partial charge in [-0.25, -0.2) is 9.78 Å². The molecule has 1 aliphatic carbocycles. The van der Waals surface area contributed by atoms with Crippen LogP contribution in [0.1, 0.15) is 68.9 Å².